The molecule has 0 saturated carbocycles. The lowest BCUT2D eigenvalue weighted by Crippen LogP contribution is -2.22. The first-order valence-electron chi connectivity index (χ1n) is 7.95. The number of hydrogen-bond acceptors (Lipinski definition) is 3. The predicted molar refractivity (Wildman–Crippen MR) is 95.6 cm³/mol. The molecule has 4 heteroatoms. The summed E-state index contributed by atoms with van der Waals surface area (Å²) in [4.78, 5) is 2.42. The minimum atomic E-state index is 0.360. The summed E-state index contributed by atoms with van der Waals surface area (Å²) in [5, 5.41) is 0. The van der Waals surface area contributed by atoms with E-state index >= 15 is 0 Å². The van der Waals surface area contributed by atoms with Crippen LogP contribution in [0.5, 0.6) is 5.75 Å². The first-order valence-corrected chi connectivity index (χ1v) is 8.74. The smallest absolute Gasteiger partial charge is 0.125 e. The molecule has 1 atom stereocenters. The van der Waals surface area contributed by atoms with Crippen molar-refractivity contribution in [2.24, 2.45) is 0 Å². The Morgan fingerprint density at radius 3 is 2.74 bits per heavy atom. The van der Waals surface area contributed by atoms with Gasteiger partial charge in [0.05, 0.1) is 6.10 Å². The number of benzene rings is 2. The molecule has 0 aromatic heterocycles. The quantitative estimate of drug-likeness (QED) is 0.753. The van der Waals surface area contributed by atoms with E-state index in [-0.39, 0.29) is 0 Å². The number of rotatable bonds is 6. The normalized spacial score (nSPS) is 18.3. The maximum atomic E-state index is 6.08. The molecule has 1 aliphatic heterocycles. The summed E-state index contributed by atoms with van der Waals surface area (Å²) in [5.74, 6) is 0.948. The largest absolute Gasteiger partial charge is 0.489 e. The zero-order valence-electron chi connectivity index (χ0n) is 13.4. The Morgan fingerprint density at radius 2 is 2.00 bits per heavy atom. The Hall–Kier alpha value is -1.36. The molecule has 1 saturated heterocycles. The first-order chi connectivity index (χ1) is 11.2. The third-order valence-corrected chi connectivity index (χ3v) is 4.72. The van der Waals surface area contributed by atoms with Crippen molar-refractivity contribution >= 4 is 15.9 Å². The second kappa shape index (κ2) is 7.95. The van der Waals surface area contributed by atoms with E-state index in [4.69, 9.17) is 9.47 Å². The van der Waals surface area contributed by atoms with Gasteiger partial charge in [0.2, 0.25) is 0 Å². The summed E-state index contributed by atoms with van der Waals surface area (Å²) in [6.45, 7) is 3.56. The van der Waals surface area contributed by atoms with Gasteiger partial charge in [0, 0.05) is 36.8 Å². The number of halogens is 1. The van der Waals surface area contributed by atoms with Gasteiger partial charge in [-0.25, -0.2) is 0 Å². The first kappa shape index (κ1) is 16.5. The van der Waals surface area contributed by atoms with Gasteiger partial charge in [0.25, 0.3) is 0 Å². The van der Waals surface area contributed by atoms with Crippen LogP contribution in [-0.4, -0.2) is 31.2 Å². The van der Waals surface area contributed by atoms with E-state index in [1.54, 1.807) is 7.11 Å². The van der Waals surface area contributed by atoms with Crippen molar-refractivity contribution in [2.45, 2.75) is 25.7 Å². The Balaban J connectivity index is 1.68. The molecule has 23 heavy (non-hydrogen) atoms. The summed E-state index contributed by atoms with van der Waals surface area (Å²) < 4.78 is 12.6. The number of hydrogen-bond donors (Lipinski definition) is 0. The Kier molecular flexibility index (Phi) is 5.70. The van der Waals surface area contributed by atoms with Crippen LogP contribution >= 0.6 is 15.9 Å². The van der Waals surface area contributed by atoms with Gasteiger partial charge in [-0.1, -0.05) is 52.3 Å². The van der Waals surface area contributed by atoms with Crippen LogP contribution in [0, 0.1) is 0 Å². The van der Waals surface area contributed by atoms with E-state index in [1.165, 1.54) is 11.1 Å². The molecule has 1 fully saturated rings. The van der Waals surface area contributed by atoms with Crippen molar-refractivity contribution < 1.29 is 9.47 Å². The molecule has 2 aromatic rings. The molecule has 0 unspecified atom stereocenters. The van der Waals surface area contributed by atoms with Gasteiger partial charge in [-0.05, 0) is 24.1 Å². The lowest BCUT2D eigenvalue weighted by Gasteiger charge is -2.18. The van der Waals surface area contributed by atoms with E-state index in [1.807, 2.05) is 18.2 Å². The number of likely N-dealkylation sites (tertiary alicyclic amines) is 1. The Bertz CT molecular complexity index is 633. The average molecular weight is 376 g/mol. The maximum absolute atomic E-state index is 6.08. The highest BCUT2D eigenvalue weighted by Crippen LogP contribution is 2.27. The van der Waals surface area contributed by atoms with Gasteiger partial charge in [-0.2, -0.15) is 0 Å². The second-order valence-corrected chi connectivity index (χ2v) is 6.82. The molecule has 122 valence electrons. The van der Waals surface area contributed by atoms with Crippen LogP contribution in [0.2, 0.25) is 0 Å². The van der Waals surface area contributed by atoms with E-state index in [0.717, 1.165) is 36.3 Å². The summed E-state index contributed by atoms with van der Waals surface area (Å²) in [7, 11) is 1.79. The molecular formula is C19H22BrNO2. The van der Waals surface area contributed by atoms with Crippen LogP contribution < -0.4 is 4.74 Å². The van der Waals surface area contributed by atoms with E-state index in [9.17, 15) is 0 Å². The molecular weight excluding hydrogens is 354 g/mol. The highest BCUT2D eigenvalue weighted by Gasteiger charge is 2.22. The molecule has 3 rings (SSSR count). The topological polar surface area (TPSA) is 21.7 Å². The van der Waals surface area contributed by atoms with E-state index in [0.29, 0.717) is 12.7 Å². The monoisotopic (exact) mass is 375 g/mol. The third kappa shape index (κ3) is 4.56. The van der Waals surface area contributed by atoms with Crippen LogP contribution in [-0.2, 0) is 17.9 Å². The van der Waals surface area contributed by atoms with E-state index < -0.39 is 0 Å². The van der Waals surface area contributed by atoms with Gasteiger partial charge in [-0.3, -0.25) is 4.90 Å². The molecule has 0 aliphatic carbocycles. The highest BCUT2D eigenvalue weighted by molar-refractivity contribution is 9.10. The summed E-state index contributed by atoms with van der Waals surface area (Å²) in [5.41, 5.74) is 2.40. The zero-order valence-corrected chi connectivity index (χ0v) is 15.0. The summed E-state index contributed by atoms with van der Waals surface area (Å²) >= 11 is 3.54. The SMILES string of the molecule is CO[C@H]1CCN(Cc2ccc(Br)cc2OCc2ccccc2)C1. The fraction of sp³-hybridized carbons (Fsp3) is 0.368. The molecule has 3 nitrogen and oxygen atoms in total. The van der Waals surface area contributed by atoms with Crippen LogP contribution in [0.1, 0.15) is 17.5 Å². The van der Waals surface area contributed by atoms with E-state index in [2.05, 4.69) is 51.2 Å². The predicted octanol–water partition coefficient (Wildman–Crippen LogP) is 4.25. The lowest BCUT2D eigenvalue weighted by atomic mass is 10.2. The van der Waals surface area contributed by atoms with Crippen molar-refractivity contribution in [3.63, 3.8) is 0 Å². The summed E-state index contributed by atoms with van der Waals surface area (Å²) in [6.07, 6.45) is 1.46. The van der Waals surface area contributed by atoms with Crippen molar-refractivity contribution in [1.29, 1.82) is 0 Å². The molecule has 0 amide bonds. The van der Waals surface area contributed by atoms with Gasteiger partial charge in [0.1, 0.15) is 12.4 Å². The standard InChI is InChI=1S/C19H22BrNO2/c1-22-18-9-10-21(13-18)12-16-7-8-17(20)11-19(16)23-14-15-5-3-2-4-6-15/h2-8,11,18H,9-10,12-14H2,1H3/t18-/m0/s1. The van der Waals surface area contributed by atoms with Gasteiger partial charge >= 0.3 is 0 Å². The zero-order chi connectivity index (χ0) is 16.1. The minimum Gasteiger partial charge on any atom is -0.489 e. The van der Waals surface area contributed by atoms with Crippen molar-refractivity contribution in [1.82, 2.24) is 4.90 Å². The molecule has 1 aliphatic rings. The van der Waals surface area contributed by atoms with Crippen molar-refractivity contribution in [2.75, 3.05) is 20.2 Å². The van der Waals surface area contributed by atoms with Gasteiger partial charge in [-0.15, -0.1) is 0 Å². The molecule has 0 bridgehead atoms. The second-order valence-electron chi connectivity index (χ2n) is 5.91. The fourth-order valence-corrected chi connectivity index (χ4v) is 3.24. The van der Waals surface area contributed by atoms with Crippen LogP contribution in [0.15, 0.2) is 53.0 Å². The number of methoxy groups -OCH3 is 1. The van der Waals surface area contributed by atoms with Crippen molar-refractivity contribution in [3.05, 3.63) is 64.1 Å². The highest BCUT2D eigenvalue weighted by atomic mass is 79.9. The van der Waals surface area contributed by atoms with Crippen LogP contribution in [0.25, 0.3) is 0 Å². The molecule has 0 spiro atoms. The lowest BCUT2D eigenvalue weighted by molar-refractivity contribution is 0.107. The molecule has 2 aromatic carbocycles. The number of ether oxygens (including phenoxy) is 2. The fourth-order valence-electron chi connectivity index (χ4n) is 2.90. The van der Waals surface area contributed by atoms with Gasteiger partial charge < -0.3 is 9.47 Å². The Morgan fingerprint density at radius 1 is 1.17 bits per heavy atom. The van der Waals surface area contributed by atoms with Crippen LogP contribution in [0.3, 0.4) is 0 Å². The molecule has 1 heterocycles. The van der Waals surface area contributed by atoms with Crippen molar-refractivity contribution in [3.8, 4) is 5.75 Å². The maximum Gasteiger partial charge on any atom is 0.125 e. The molecule has 0 radical (unpaired) electrons. The average Bonchev–Trinajstić information content (AvgIpc) is 3.04. The third-order valence-electron chi connectivity index (χ3n) is 4.22. The van der Waals surface area contributed by atoms with Crippen LogP contribution in [0.4, 0.5) is 0 Å². The Labute approximate surface area is 146 Å². The number of nitrogens with zero attached hydrogens (tertiary/aromatic N) is 1. The molecule has 0 N–H and O–H groups in total. The summed E-state index contributed by atoms with van der Waals surface area (Å²) in [6, 6.07) is 16.5. The van der Waals surface area contributed by atoms with Gasteiger partial charge in [0.15, 0.2) is 0 Å². The minimum absolute atomic E-state index is 0.360.